The smallest absolute Gasteiger partial charge is 0.278 e. The Kier molecular flexibility index (Phi) is 5.71. The maximum absolute atomic E-state index is 12.6. The van der Waals surface area contributed by atoms with Gasteiger partial charge in [-0.2, -0.15) is 5.10 Å². The van der Waals surface area contributed by atoms with E-state index in [-0.39, 0.29) is 10.6 Å². The SMILES string of the molecule is CCCCNS(=O)(=O)c1cccc(NC(=O)c2nnc3cc(C)nn3c2C)c1. The molecule has 1 aromatic carbocycles. The number of amides is 1. The van der Waals surface area contributed by atoms with Gasteiger partial charge in [0.15, 0.2) is 11.3 Å². The molecule has 0 aliphatic carbocycles. The molecule has 148 valence electrons. The molecule has 2 N–H and O–H groups in total. The van der Waals surface area contributed by atoms with E-state index < -0.39 is 15.9 Å². The van der Waals surface area contributed by atoms with E-state index in [1.54, 1.807) is 29.6 Å². The predicted molar refractivity (Wildman–Crippen MR) is 105 cm³/mol. The van der Waals surface area contributed by atoms with Crippen molar-refractivity contribution in [2.24, 2.45) is 0 Å². The van der Waals surface area contributed by atoms with Crippen molar-refractivity contribution in [1.29, 1.82) is 0 Å². The van der Waals surface area contributed by atoms with Crippen LogP contribution in [-0.2, 0) is 10.0 Å². The standard InChI is InChI=1S/C18H22N6O3S/c1-4-5-9-19-28(26,27)15-8-6-7-14(11-15)20-18(25)17-13(3)24-16(21-22-17)10-12(2)23-24/h6-8,10-11,19H,4-5,9H2,1-3H3,(H,20,25). The molecule has 28 heavy (non-hydrogen) atoms. The lowest BCUT2D eigenvalue weighted by Crippen LogP contribution is -2.25. The third-order valence-corrected chi connectivity index (χ3v) is 5.62. The molecular weight excluding hydrogens is 380 g/mol. The number of rotatable bonds is 7. The summed E-state index contributed by atoms with van der Waals surface area (Å²) < 4.78 is 28.8. The van der Waals surface area contributed by atoms with Gasteiger partial charge in [-0.15, -0.1) is 10.2 Å². The second-order valence-electron chi connectivity index (χ2n) is 6.42. The van der Waals surface area contributed by atoms with Crippen LogP contribution in [0.5, 0.6) is 0 Å². The first kappa shape index (κ1) is 19.9. The third-order valence-electron chi connectivity index (χ3n) is 4.17. The zero-order valence-corrected chi connectivity index (χ0v) is 16.7. The van der Waals surface area contributed by atoms with Gasteiger partial charge >= 0.3 is 0 Å². The monoisotopic (exact) mass is 402 g/mol. The van der Waals surface area contributed by atoms with Crippen LogP contribution in [0.3, 0.4) is 0 Å². The number of aryl methyl sites for hydroxylation is 2. The number of hydrogen-bond acceptors (Lipinski definition) is 6. The van der Waals surface area contributed by atoms with Crippen LogP contribution in [0.1, 0.15) is 41.6 Å². The number of aromatic nitrogens is 4. The summed E-state index contributed by atoms with van der Waals surface area (Å²) in [5, 5.41) is 15.0. The van der Waals surface area contributed by atoms with E-state index in [1.807, 2.05) is 13.8 Å². The fourth-order valence-corrected chi connectivity index (χ4v) is 3.80. The number of anilines is 1. The number of fused-ring (bicyclic) bond motifs is 1. The topological polar surface area (TPSA) is 118 Å². The molecule has 0 spiro atoms. The average molecular weight is 402 g/mol. The van der Waals surface area contributed by atoms with Crippen molar-refractivity contribution in [3.63, 3.8) is 0 Å². The van der Waals surface area contributed by atoms with Crippen molar-refractivity contribution in [3.05, 3.63) is 47.4 Å². The summed E-state index contributed by atoms with van der Waals surface area (Å²) in [6, 6.07) is 7.84. The molecule has 2 heterocycles. The Balaban J connectivity index is 1.82. The molecule has 1 amide bonds. The number of nitrogens with one attached hydrogen (secondary N) is 2. The van der Waals surface area contributed by atoms with E-state index in [1.165, 1.54) is 12.1 Å². The van der Waals surface area contributed by atoms with Gasteiger partial charge in [-0.3, -0.25) is 4.79 Å². The highest BCUT2D eigenvalue weighted by Crippen LogP contribution is 2.17. The summed E-state index contributed by atoms with van der Waals surface area (Å²) in [5.41, 5.74) is 2.33. The molecule has 3 rings (SSSR count). The van der Waals surface area contributed by atoms with Gasteiger partial charge in [-0.1, -0.05) is 19.4 Å². The zero-order valence-electron chi connectivity index (χ0n) is 15.9. The quantitative estimate of drug-likeness (QED) is 0.584. The molecule has 0 saturated heterocycles. The van der Waals surface area contributed by atoms with Crippen molar-refractivity contribution in [2.45, 2.75) is 38.5 Å². The van der Waals surface area contributed by atoms with Crippen molar-refractivity contribution >= 4 is 27.3 Å². The normalized spacial score (nSPS) is 11.7. The molecular formula is C18H22N6O3S. The lowest BCUT2D eigenvalue weighted by molar-refractivity contribution is 0.102. The number of nitrogens with zero attached hydrogens (tertiary/aromatic N) is 4. The predicted octanol–water partition coefficient (Wildman–Crippen LogP) is 2.07. The van der Waals surface area contributed by atoms with Gasteiger partial charge in [0.05, 0.1) is 16.3 Å². The van der Waals surface area contributed by atoms with Crippen LogP contribution in [-0.4, -0.2) is 40.7 Å². The van der Waals surface area contributed by atoms with Gasteiger partial charge in [0.25, 0.3) is 5.91 Å². The largest absolute Gasteiger partial charge is 0.320 e. The molecule has 9 nitrogen and oxygen atoms in total. The molecule has 0 unspecified atom stereocenters. The minimum Gasteiger partial charge on any atom is -0.320 e. The number of carbonyl (C=O) groups excluding carboxylic acids is 1. The molecule has 0 aliphatic heterocycles. The molecule has 0 radical (unpaired) electrons. The number of hydrogen-bond donors (Lipinski definition) is 2. The minimum atomic E-state index is -3.63. The molecule has 0 fully saturated rings. The molecule has 0 aliphatic rings. The third kappa shape index (κ3) is 4.18. The summed E-state index contributed by atoms with van der Waals surface area (Å²) in [7, 11) is -3.63. The summed E-state index contributed by atoms with van der Waals surface area (Å²) >= 11 is 0. The van der Waals surface area contributed by atoms with Crippen LogP contribution < -0.4 is 10.0 Å². The van der Waals surface area contributed by atoms with E-state index in [2.05, 4.69) is 25.3 Å². The van der Waals surface area contributed by atoms with Crippen LogP contribution in [0.2, 0.25) is 0 Å². The molecule has 10 heteroatoms. The highest BCUT2D eigenvalue weighted by molar-refractivity contribution is 7.89. The molecule has 0 atom stereocenters. The number of benzene rings is 1. The second kappa shape index (κ2) is 8.03. The van der Waals surface area contributed by atoms with E-state index in [0.29, 0.717) is 23.6 Å². The first-order chi connectivity index (χ1) is 13.3. The van der Waals surface area contributed by atoms with Crippen molar-refractivity contribution in [3.8, 4) is 0 Å². The fourth-order valence-electron chi connectivity index (χ4n) is 2.69. The average Bonchev–Trinajstić information content (AvgIpc) is 3.03. The van der Waals surface area contributed by atoms with Gasteiger partial charge in [-0.25, -0.2) is 17.7 Å². The van der Waals surface area contributed by atoms with E-state index >= 15 is 0 Å². The molecule has 0 bridgehead atoms. The maximum atomic E-state index is 12.6. The minimum absolute atomic E-state index is 0.0855. The van der Waals surface area contributed by atoms with Crippen LogP contribution in [0.4, 0.5) is 5.69 Å². The lowest BCUT2D eigenvalue weighted by Gasteiger charge is -2.10. The Morgan fingerprint density at radius 1 is 1.18 bits per heavy atom. The van der Waals surface area contributed by atoms with E-state index in [9.17, 15) is 13.2 Å². The van der Waals surface area contributed by atoms with Gasteiger partial charge in [-0.05, 0) is 38.5 Å². The first-order valence-corrected chi connectivity index (χ1v) is 10.4. The molecule has 3 aromatic rings. The van der Waals surface area contributed by atoms with Gasteiger partial charge in [0, 0.05) is 18.3 Å². The number of carbonyl (C=O) groups is 1. The molecule has 2 aromatic heterocycles. The molecule has 0 saturated carbocycles. The Morgan fingerprint density at radius 3 is 2.71 bits per heavy atom. The Hall–Kier alpha value is -2.85. The van der Waals surface area contributed by atoms with Gasteiger partial charge in [0.1, 0.15) is 0 Å². The van der Waals surface area contributed by atoms with Gasteiger partial charge < -0.3 is 5.32 Å². The highest BCUT2D eigenvalue weighted by atomic mass is 32.2. The summed E-state index contributed by atoms with van der Waals surface area (Å²) in [5.74, 6) is -0.492. The van der Waals surface area contributed by atoms with Crippen molar-refractivity contribution < 1.29 is 13.2 Å². The Bertz CT molecular complexity index is 1120. The van der Waals surface area contributed by atoms with E-state index in [4.69, 9.17) is 0 Å². The van der Waals surface area contributed by atoms with Crippen molar-refractivity contribution in [2.75, 3.05) is 11.9 Å². The van der Waals surface area contributed by atoms with E-state index in [0.717, 1.165) is 18.5 Å². The van der Waals surface area contributed by atoms with Crippen molar-refractivity contribution in [1.82, 2.24) is 24.5 Å². The Morgan fingerprint density at radius 2 is 1.96 bits per heavy atom. The number of sulfonamides is 1. The second-order valence-corrected chi connectivity index (χ2v) is 8.19. The Labute approximate surface area is 163 Å². The highest BCUT2D eigenvalue weighted by Gasteiger charge is 2.18. The maximum Gasteiger partial charge on any atom is 0.278 e. The summed E-state index contributed by atoms with van der Waals surface area (Å²) in [4.78, 5) is 12.7. The van der Waals surface area contributed by atoms with Crippen LogP contribution >= 0.6 is 0 Å². The van der Waals surface area contributed by atoms with Crippen LogP contribution in [0.15, 0.2) is 35.2 Å². The van der Waals surface area contributed by atoms with Gasteiger partial charge in [0.2, 0.25) is 10.0 Å². The zero-order chi connectivity index (χ0) is 20.3. The van der Waals surface area contributed by atoms with Crippen LogP contribution in [0, 0.1) is 13.8 Å². The number of unbranched alkanes of at least 4 members (excludes halogenated alkanes) is 1. The summed E-state index contributed by atoms with van der Waals surface area (Å²) in [6.45, 7) is 5.90. The fraction of sp³-hybridized carbons (Fsp3) is 0.333. The first-order valence-electron chi connectivity index (χ1n) is 8.92. The lowest BCUT2D eigenvalue weighted by atomic mass is 10.2. The summed E-state index contributed by atoms with van der Waals surface area (Å²) in [6.07, 6.45) is 1.64. The van der Waals surface area contributed by atoms with Crippen LogP contribution in [0.25, 0.3) is 5.65 Å².